The van der Waals surface area contributed by atoms with Crippen LogP contribution in [0.15, 0.2) is 23.3 Å². The average Bonchev–Trinajstić information content (AvgIpc) is 2.63. The molecule has 1 aliphatic heterocycles. The van der Waals surface area contributed by atoms with E-state index in [1.54, 1.807) is 19.3 Å². The zero-order valence-corrected chi connectivity index (χ0v) is 17.8. The quantitative estimate of drug-likeness (QED) is 0.307. The van der Waals surface area contributed by atoms with E-state index in [-0.39, 0.29) is 29.9 Å². The normalized spacial score (nSPS) is 15.1. The summed E-state index contributed by atoms with van der Waals surface area (Å²) in [5, 5.41) is 9.18. The number of halogens is 1. The summed E-state index contributed by atoms with van der Waals surface area (Å²) >= 11 is 0. The van der Waals surface area contributed by atoms with Gasteiger partial charge in [0, 0.05) is 52.4 Å². The molecule has 0 bridgehead atoms. The molecule has 26 heavy (non-hydrogen) atoms. The number of ether oxygens (including phenoxy) is 1. The fourth-order valence-corrected chi connectivity index (χ4v) is 2.42. The van der Waals surface area contributed by atoms with Crippen molar-refractivity contribution in [2.24, 2.45) is 4.99 Å². The van der Waals surface area contributed by atoms with Crippen molar-refractivity contribution in [3.8, 4) is 0 Å². The standard InChI is InChI=1S/C17H28N6O2.HI/c1-14-3-4-15(21-13-14)22-16(24)5-6-19-17(18-2)20-7-8-23-9-11-25-12-10-23;/h3-4,13H,5-12H2,1-2H3,(H2,18,19,20)(H,21,22,24);1H. The molecular formula is C17H29IN6O2. The third kappa shape index (κ3) is 8.77. The zero-order chi connectivity index (χ0) is 17.9. The van der Waals surface area contributed by atoms with E-state index in [0.717, 1.165) is 45.0 Å². The van der Waals surface area contributed by atoms with Gasteiger partial charge >= 0.3 is 0 Å². The summed E-state index contributed by atoms with van der Waals surface area (Å²) in [7, 11) is 1.72. The van der Waals surface area contributed by atoms with Crippen LogP contribution in [0, 0.1) is 6.92 Å². The lowest BCUT2D eigenvalue weighted by atomic mass is 10.3. The minimum Gasteiger partial charge on any atom is -0.379 e. The van der Waals surface area contributed by atoms with E-state index in [0.29, 0.717) is 24.7 Å². The lowest BCUT2D eigenvalue weighted by Gasteiger charge is -2.26. The number of aliphatic imine (C=N–C) groups is 1. The maximum Gasteiger partial charge on any atom is 0.227 e. The third-order valence-corrected chi connectivity index (χ3v) is 3.87. The summed E-state index contributed by atoms with van der Waals surface area (Å²) in [6.45, 7) is 7.77. The van der Waals surface area contributed by atoms with Gasteiger partial charge in [-0.3, -0.25) is 14.7 Å². The van der Waals surface area contributed by atoms with Gasteiger partial charge in [-0.2, -0.15) is 0 Å². The molecule has 1 saturated heterocycles. The zero-order valence-electron chi connectivity index (χ0n) is 15.5. The van der Waals surface area contributed by atoms with Crippen LogP contribution in [0.4, 0.5) is 5.82 Å². The van der Waals surface area contributed by atoms with Crippen molar-refractivity contribution in [1.29, 1.82) is 0 Å². The highest BCUT2D eigenvalue weighted by atomic mass is 127. The Hall–Kier alpha value is -1.46. The van der Waals surface area contributed by atoms with Crippen LogP contribution >= 0.6 is 24.0 Å². The van der Waals surface area contributed by atoms with Gasteiger partial charge in [-0.05, 0) is 18.6 Å². The molecule has 0 saturated carbocycles. The van der Waals surface area contributed by atoms with Gasteiger partial charge < -0.3 is 20.7 Å². The largest absolute Gasteiger partial charge is 0.379 e. The second kappa shape index (κ2) is 12.8. The van der Waals surface area contributed by atoms with Gasteiger partial charge in [0.25, 0.3) is 0 Å². The number of pyridine rings is 1. The van der Waals surface area contributed by atoms with Crippen molar-refractivity contribution >= 4 is 41.7 Å². The number of amides is 1. The van der Waals surface area contributed by atoms with E-state index >= 15 is 0 Å². The average molecular weight is 476 g/mol. The summed E-state index contributed by atoms with van der Waals surface area (Å²) in [5.74, 6) is 1.20. The molecule has 1 fully saturated rings. The maximum atomic E-state index is 11.9. The SMILES string of the molecule is CN=C(NCCC(=O)Nc1ccc(C)cn1)NCCN1CCOCC1.I. The van der Waals surface area contributed by atoms with E-state index in [9.17, 15) is 4.79 Å². The molecule has 1 amide bonds. The first kappa shape index (κ1) is 22.6. The number of anilines is 1. The molecule has 0 unspecified atom stereocenters. The number of guanidine groups is 1. The number of nitrogens with one attached hydrogen (secondary N) is 3. The topological polar surface area (TPSA) is 90.9 Å². The second-order valence-electron chi connectivity index (χ2n) is 5.90. The first-order valence-electron chi connectivity index (χ1n) is 8.64. The van der Waals surface area contributed by atoms with E-state index in [4.69, 9.17) is 4.74 Å². The Bertz CT molecular complexity index is 561. The van der Waals surface area contributed by atoms with E-state index in [1.807, 2.05) is 13.0 Å². The molecule has 0 aromatic carbocycles. The van der Waals surface area contributed by atoms with Crippen LogP contribution in [0.3, 0.4) is 0 Å². The Morgan fingerprint density at radius 1 is 1.27 bits per heavy atom. The summed E-state index contributed by atoms with van der Waals surface area (Å²) in [4.78, 5) is 22.6. The van der Waals surface area contributed by atoms with E-state index in [1.165, 1.54) is 0 Å². The number of carbonyl (C=O) groups is 1. The Morgan fingerprint density at radius 2 is 2.00 bits per heavy atom. The Morgan fingerprint density at radius 3 is 2.65 bits per heavy atom. The van der Waals surface area contributed by atoms with E-state index < -0.39 is 0 Å². The molecule has 1 aliphatic rings. The van der Waals surface area contributed by atoms with Crippen LogP contribution in [0.25, 0.3) is 0 Å². The maximum absolute atomic E-state index is 11.9. The van der Waals surface area contributed by atoms with Gasteiger partial charge in [0.05, 0.1) is 13.2 Å². The molecular weight excluding hydrogens is 447 g/mol. The number of hydrogen-bond donors (Lipinski definition) is 3. The van der Waals surface area contributed by atoms with Gasteiger partial charge in [0.1, 0.15) is 5.82 Å². The number of rotatable bonds is 7. The van der Waals surface area contributed by atoms with Crippen molar-refractivity contribution in [3.63, 3.8) is 0 Å². The highest BCUT2D eigenvalue weighted by molar-refractivity contribution is 14.0. The van der Waals surface area contributed by atoms with E-state index in [2.05, 4.69) is 30.8 Å². The van der Waals surface area contributed by atoms with Gasteiger partial charge in [0.2, 0.25) is 5.91 Å². The second-order valence-corrected chi connectivity index (χ2v) is 5.90. The van der Waals surface area contributed by atoms with Crippen LogP contribution in [0.5, 0.6) is 0 Å². The Balaban J connectivity index is 0.00000338. The van der Waals surface area contributed by atoms with Gasteiger partial charge in [-0.25, -0.2) is 4.98 Å². The lowest BCUT2D eigenvalue weighted by molar-refractivity contribution is -0.116. The number of aromatic nitrogens is 1. The molecule has 2 rings (SSSR count). The van der Waals surface area contributed by atoms with Crippen molar-refractivity contribution in [1.82, 2.24) is 20.5 Å². The molecule has 1 aromatic rings. The summed E-state index contributed by atoms with van der Waals surface area (Å²) in [5.41, 5.74) is 1.06. The molecule has 3 N–H and O–H groups in total. The molecule has 8 nitrogen and oxygen atoms in total. The third-order valence-electron chi connectivity index (χ3n) is 3.87. The lowest BCUT2D eigenvalue weighted by Crippen LogP contribution is -2.44. The smallest absolute Gasteiger partial charge is 0.227 e. The summed E-state index contributed by atoms with van der Waals surface area (Å²) < 4.78 is 5.33. The highest BCUT2D eigenvalue weighted by Gasteiger charge is 2.09. The first-order chi connectivity index (χ1) is 12.2. The molecule has 0 spiro atoms. The molecule has 1 aromatic heterocycles. The molecule has 2 heterocycles. The molecule has 0 aliphatic carbocycles. The number of carbonyl (C=O) groups excluding carboxylic acids is 1. The first-order valence-corrected chi connectivity index (χ1v) is 8.64. The summed E-state index contributed by atoms with van der Waals surface area (Å²) in [6, 6.07) is 3.72. The van der Waals surface area contributed by atoms with Gasteiger partial charge in [0.15, 0.2) is 5.96 Å². The van der Waals surface area contributed by atoms with Crippen molar-refractivity contribution in [3.05, 3.63) is 23.9 Å². The molecule has 0 radical (unpaired) electrons. The Labute approximate surface area is 172 Å². The van der Waals surface area contributed by atoms with Crippen LogP contribution in [-0.2, 0) is 9.53 Å². The molecule has 146 valence electrons. The van der Waals surface area contributed by atoms with Crippen LogP contribution < -0.4 is 16.0 Å². The van der Waals surface area contributed by atoms with Crippen LogP contribution in [0.1, 0.15) is 12.0 Å². The number of aryl methyl sites for hydroxylation is 1. The number of morpholine rings is 1. The predicted octanol–water partition coefficient (Wildman–Crippen LogP) is 0.834. The predicted molar refractivity (Wildman–Crippen MR) is 114 cm³/mol. The fourth-order valence-electron chi connectivity index (χ4n) is 2.42. The fraction of sp³-hybridized carbons (Fsp3) is 0.588. The van der Waals surface area contributed by atoms with Crippen molar-refractivity contribution < 1.29 is 9.53 Å². The summed E-state index contributed by atoms with van der Waals surface area (Å²) in [6.07, 6.45) is 2.08. The Kier molecular flexibility index (Phi) is 11.1. The van der Waals surface area contributed by atoms with Crippen LogP contribution in [-0.4, -0.2) is 74.7 Å². The van der Waals surface area contributed by atoms with Crippen molar-refractivity contribution in [2.45, 2.75) is 13.3 Å². The highest BCUT2D eigenvalue weighted by Crippen LogP contribution is 2.03. The molecule has 0 atom stereocenters. The number of nitrogens with zero attached hydrogens (tertiary/aromatic N) is 3. The van der Waals surface area contributed by atoms with Gasteiger partial charge in [-0.1, -0.05) is 6.07 Å². The van der Waals surface area contributed by atoms with Gasteiger partial charge in [-0.15, -0.1) is 24.0 Å². The van der Waals surface area contributed by atoms with Crippen LogP contribution in [0.2, 0.25) is 0 Å². The molecule has 9 heteroatoms. The minimum atomic E-state index is -0.0763. The number of hydrogen-bond acceptors (Lipinski definition) is 5. The minimum absolute atomic E-state index is 0. The van der Waals surface area contributed by atoms with Crippen molar-refractivity contribution in [2.75, 3.05) is 58.3 Å². The monoisotopic (exact) mass is 476 g/mol.